The van der Waals surface area contributed by atoms with Gasteiger partial charge >= 0.3 is 5.97 Å². The minimum Gasteiger partial charge on any atom is -0.508 e. The molecule has 0 aliphatic carbocycles. The van der Waals surface area contributed by atoms with Gasteiger partial charge in [0.2, 0.25) is 5.75 Å². The maximum Gasteiger partial charge on any atom is 0.328 e. The van der Waals surface area contributed by atoms with Crippen LogP contribution in [-0.2, 0) is 4.79 Å². The summed E-state index contributed by atoms with van der Waals surface area (Å²) in [5.41, 5.74) is 1.14. The van der Waals surface area contributed by atoms with E-state index in [1.165, 1.54) is 44.6 Å². The second kappa shape index (κ2) is 9.61. The number of methoxy groups -OCH3 is 2. The van der Waals surface area contributed by atoms with Crippen molar-refractivity contribution < 1.29 is 34.4 Å². The van der Waals surface area contributed by atoms with Gasteiger partial charge in [-0.3, -0.25) is 4.79 Å². The van der Waals surface area contributed by atoms with Crippen LogP contribution in [0.15, 0.2) is 42.5 Å². The van der Waals surface area contributed by atoms with Gasteiger partial charge in [0.25, 0.3) is 0 Å². The third kappa shape index (κ3) is 6.26. The number of carboxylic acid groups (broad SMARTS) is 1. The fourth-order valence-electron chi connectivity index (χ4n) is 1.73. The Labute approximate surface area is 144 Å². The highest BCUT2D eigenvalue weighted by molar-refractivity contribution is 5.85. The molecule has 0 bridgehead atoms. The highest BCUT2D eigenvalue weighted by Crippen LogP contribution is 2.36. The molecule has 0 spiro atoms. The van der Waals surface area contributed by atoms with E-state index in [-0.39, 0.29) is 23.0 Å². The number of phenols is 2. The van der Waals surface area contributed by atoms with Gasteiger partial charge in [0.05, 0.1) is 14.2 Å². The molecule has 7 heteroatoms. The lowest BCUT2D eigenvalue weighted by Crippen LogP contribution is -1.91. The van der Waals surface area contributed by atoms with E-state index in [0.717, 1.165) is 11.6 Å². The van der Waals surface area contributed by atoms with E-state index in [2.05, 4.69) is 0 Å². The van der Waals surface area contributed by atoms with E-state index >= 15 is 0 Å². The Morgan fingerprint density at radius 3 is 1.88 bits per heavy atom. The lowest BCUT2D eigenvalue weighted by atomic mass is 10.2. The first-order valence-electron chi connectivity index (χ1n) is 7.01. The predicted molar refractivity (Wildman–Crippen MR) is 91.4 cm³/mol. The van der Waals surface area contributed by atoms with Crippen LogP contribution in [0.25, 0.3) is 6.08 Å². The van der Waals surface area contributed by atoms with Crippen molar-refractivity contribution >= 4 is 18.3 Å². The van der Waals surface area contributed by atoms with Gasteiger partial charge in [0.15, 0.2) is 11.5 Å². The van der Waals surface area contributed by atoms with Gasteiger partial charge < -0.3 is 24.8 Å². The van der Waals surface area contributed by atoms with Crippen LogP contribution in [0.2, 0.25) is 0 Å². The van der Waals surface area contributed by atoms with E-state index in [1.54, 1.807) is 12.1 Å². The summed E-state index contributed by atoms with van der Waals surface area (Å²) in [7, 11) is 2.81. The summed E-state index contributed by atoms with van der Waals surface area (Å²) in [6, 6.07) is 9.14. The summed E-state index contributed by atoms with van der Waals surface area (Å²) in [6.45, 7) is 0. The molecule has 0 aliphatic heterocycles. The van der Waals surface area contributed by atoms with Crippen molar-refractivity contribution in [3.8, 4) is 23.0 Å². The minimum absolute atomic E-state index is 0.101. The molecule has 0 unspecified atom stereocenters. The van der Waals surface area contributed by atoms with Crippen LogP contribution in [0.1, 0.15) is 15.9 Å². The highest BCUT2D eigenvalue weighted by atomic mass is 16.5. The van der Waals surface area contributed by atoms with Crippen molar-refractivity contribution in [1.29, 1.82) is 0 Å². The molecule has 0 aromatic heterocycles. The van der Waals surface area contributed by atoms with Crippen molar-refractivity contribution in [2.24, 2.45) is 0 Å². The van der Waals surface area contributed by atoms with E-state index in [9.17, 15) is 14.7 Å². The fraction of sp³-hybridized carbons (Fsp3) is 0.111. The van der Waals surface area contributed by atoms with Crippen LogP contribution < -0.4 is 9.47 Å². The van der Waals surface area contributed by atoms with Crippen molar-refractivity contribution in [2.75, 3.05) is 14.2 Å². The van der Waals surface area contributed by atoms with E-state index < -0.39 is 5.97 Å². The van der Waals surface area contributed by atoms with Gasteiger partial charge in [-0.05, 0) is 35.9 Å². The van der Waals surface area contributed by atoms with Gasteiger partial charge in [-0.15, -0.1) is 0 Å². The Hall–Kier alpha value is -3.48. The molecule has 0 saturated heterocycles. The molecule has 2 aromatic rings. The molecule has 0 saturated carbocycles. The summed E-state index contributed by atoms with van der Waals surface area (Å²) >= 11 is 0. The molecule has 0 aliphatic rings. The number of aliphatic carboxylic acids is 1. The Morgan fingerprint density at radius 2 is 1.48 bits per heavy atom. The second-order valence-electron chi connectivity index (χ2n) is 4.65. The Kier molecular flexibility index (Phi) is 7.52. The van der Waals surface area contributed by atoms with Gasteiger partial charge in [-0.2, -0.15) is 0 Å². The topological polar surface area (TPSA) is 113 Å². The number of hydrogen-bond donors (Lipinski definition) is 3. The molecular formula is C18H18O7. The average molecular weight is 346 g/mol. The highest BCUT2D eigenvalue weighted by Gasteiger charge is 2.10. The third-order valence-electron chi connectivity index (χ3n) is 2.95. The average Bonchev–Trinajstić information content (AvgIpc) is 2.62. The monoisotopic (exact) mass is 346 g/mol. The Balaban J connectivity index is 0.000000251. The van der Waals surface area contributed by atoms with E-state index in [0.29, 0.717) is 11.8 Å². The summed E-state index contributed by atoms with van der Waals surface area (Å²) < 4.78 is 9.68. The van der Waals surface area contributed by atoms with Crippen molar-refractivity contribution in [1.82, 2.24) is 0 Å². The van der Waals surface area contributed by atoms with Crippen LogP contribution in [0, 0.1) is 0 Å². The molecule has 0 atom stereocenters. The predicted octanol–water partition coefficient (Wildman–Crippen LogP) is 2.71. The van der Waals surface area contributed by atoms with Crippen LogP contribution in [0.4, 0.5) is 0 Å². The number of aromatic hydroxyl groups is 2. The zero-order valence-corrected chi connectivity index (χ0v) is 13.7. The number of ether oxygens (including phenoxy) is 2. The molecule has 2 aromatic carbocycles. The maximum absolute atomic E-state index is 10.5. The van der Waals surface area contributed by atoms with Crippen LogP contribution >= 0.6 is 0 Å². The SMILES string of the molecule is COc1cc(C=O)cc(OC)c1O.O=C(O)/C=C/c1ccc(O)cc1. The lowest BCUT2D eigenvalue weighted by Gasteiger charge is -2.08. The third-order valence-corrected chi connectivity index (χ3v) is 2.95. The first-order chi connectivity index (χ1) is 11.9. The lowest BCUT2D eigenvalue weighted by molar-refractivity contribution is -0.131. The summed E-state index contributed by atoms with van der Waals surface area (Å²) in [4.78, 5) is 20.6. The van der Waals surface area contributed by atoms with Gasteiger partial charge in [0, 0.05) is 11.6 Å². The standard InChI is InChI=1S/C9H10O4.C9H8O3/c1-12-7-3-6(5-10)4-8(13-2)9(7)11;10-8-4-1-7(2-5-8)3-6-9(11)12/h3-5,11H,1-2H3;1-6,10H,(H,11,12)/b;6-3+. The maximum atomic E-state index is 10.5. The number of phenolic OH excluding ortho intramolecular Hbond substituents is 2. The minimum atomic E-state index is -0.983. The van der Waals surface area contributed by atoms with Gasteiger partial charge in [-0.1, -0.05) is 12.1 Å². The number of carboxylic acids is 1. The number of aldehydes is 1. The normalized spacial score (nSPS) is 9.84. The number of rotatable bonds is 5. The molecule has 3 N–H and O–H groups in total. The molecule has 25 heavy (non-hydrogen) atoms. The molecule has 132 valence electrons. The zero-order valence-electron chi connectivity index (χ0n) is 13.7. The number of benzene rings is 2. The van der Waals surface area contributed by atoms with Crippen LogP contribution in [0.3, 0.4) is 0 Å². The Morgan fingerprint density at radius 1 is 0.960 bits per heavy atom. The van der Waals surface area contributed by atoms with Crippen LogP contribution in [0.5, 0.6) is 23.0 Å². The molecule has 2 rings (SSSR count). The smallest absolute Gasteiger partial charge is 0.328 e. The molecular weight excluding hydrogens is 328 g/mol. The van der Waals surface area contributed by atoms with Gasteiger partial charge in [0.1, 0.15) is 12.0 Å². The fourth-order valence-corrected chi connectivity index (χ4v) is 1.73. The molecule has 0 heterocycles. The van der Waals surface area contributed by atoms with Crippen molar-refractivity contribution in [2.45, 2.75) is 0 Å². The molecule has 7 nitrogen and oxygen atoms in total. The van der Waals surface area contributed by atoms with E-state index in [1.807, 2.05) is 0 Å². The number of carbonyl (C=O) groups excluding carboxylic acids is 1. The zero-order chi connectivity index (χ0) is 18.8. The largest absolute Gasteiger partial charge is 0.508 e. The molecule has 0 amide bonds. The molecule has 0 radical (unpaired) electrons. The number of hydrogen-bond acceptors (Lipinski definition) is 6. The first-order valence-corrected chi connectivity index (χ1v) is 7.01. The summed E-state index contributed by atoms with van der Waals surface area (Å²) in [5.74, 6) is -0.468. The van der Waals surface area contributed by atoms with Crippen LogP contribution in [-0.4, -0.2) is 41.8 Å². The summed E-state index contributed by atoms with van der Waals surface area (Å²) in [5, 5.41) is 26.6. The Bertz CT molecular complexity index is 724. The van der Waals surface area contributed by atoms with Gasteiger partial charge in [-0.25, -0.2) is 4.79 Å². The van der Waals surface area contributed by atoms with Crippen molar-refractivity contribution in [3.63, 3.8) is 0 Å². The summed E-state index contributed by atoms with van der Waals surface area (Å²) in [6.07, 6.45) is 3.17. The second-order valence-corrected chi connectivity index (χ2v) is 4.65. The number of carbonyl (C=O) groups is 2. The molecule has 0 fully saturated rings. The quantitative estimate of drug-likeness (QED) is 0.563. The van der Waals surface area contributed by atoms with E-state index in [4.69, 9.17) is 19.7 Å². The van der Waals surface area contributed by atoms with Crippen molar-refractivity contribution in [3.05, 3.63) is 53.6 Å². The first kappa shape index (κ1) is 19.6.